The monoisotopic (exact) mass is 1320 g/mol. The highest BCUT2D eigenvalue weighted by Gasteiger charge is 2.30. The van der Waals surface area contributed by atoms with Crippen molar-refractivity contribution in [3.05, 3.63) is 0 Å². The van der Waals surface area contributed by atoms with E-state index >= 15 is 0 Å². The van der Waals surface area contributed by atoms with Crippen molar-refractivity contribution >= 4 is 39.5 Å². The molecule has 0 aliphatic carbocycles. The normalized spacial score (nSPS) is 14.1. The fraction of sp³-hybridized carbons (Fsp3) is 0.944. The van der Waals surface area contributed by atoms with E-state index in [9.17, 15) is 43.2 Å². The topological polar surface area (TPSA) is 237 Å². The van der Waals surface area contributed by atoms with E-state index in [1.54, 1.807) is 0 Å². The van der Waals surface area contributed by atoms with E-state index in [0.29, 0.717) is 31.6 Å². The molecule has 0 saturated heterocycles. The number of unbranched alkanes of at least 4 members (excludes halogenated alkanes) is 40. The third-order valence-corrected chi connectivity index (χ3v) is 18.4. The standard InChI is InChI=1S/C71H138O17P2/c1-7-9-11-13-15-17-18-19-24-27-30-36-42-48-54-69(74)82-60-66(87-70(75)55-49-43-37-31-28-25-22-20-21-23-26-29-33-39-45-51-63(3)4)61-85-89(77,78)83-57-65(72)58-84-90(79,80)86-62-67(59-81-68(73)53-47-41-35-16-14-12-10-8-2)88-71(76)56-50-44-38-32-34-40-46-52-64(5)6/h63-67,72H,7-62H2,1-6H3,(H,77,78)(H,79,80)/t65-,66-,67-/m1/s1. The highest BCUT2D eigenvalue weighted by molar-refractivity contribution is 7.47. The molecule has 0 aromatic rings. The summed E-state index contributed by atoms with van der Waals surface area (Å²) in [5.41, 5.74) is 0. The van der Waals surface area contributed by atoms with Gasteiger partial charge in [0.05, 0.1) is 26.4 Å². The number of hydrogen-bond acceptors (Lipinski definition) is 15. The second-order valence-corrected chi connectivity index (χ2v) is 29.5. The molecule has 3 N–H and O–H groups in total. The number of rotatable bonds is 70. The fourth-order valence-electron chi connectivity index (χ4n) is 10.8. The first-order valence-electron chi connectivity index (χ1n) is 37.0. The molecule has 0 aromatic heterocycles. The largest absolute Gasteiger partial charge is 0.472 e. The van der Waals surface area contributed by atoms with Gasteiger partial charge in [-0.15, -0.1) is 0 Å². The van der Waals surface area contributed by atoms with Crippen LogP contribution in [-0.4, -0.2) is 96.7 Å². The molecule has 5 atom stereocenters. The summed E-state index contributed by atoms with van der Waals surface area (Å²) < 4.78 is 68.2. The molecule has 17 nitrogen and oxygen atoms in total. The molecule has 19 heteroatoms. The van der Waals surface area contributed by atoms with Gasteiger partial charge in [-0.05, 0) is 37.5 Å². The maximum absolute atomic E-state index is 13.0. The highest BCUT2D eigenvalue weighted by atomic mass is 31.2. The number of aliphatic hydroxyl groups is 1. The Morgan fingerprint density at radius 2 is 0.511 bits per heavy atom. The van der Waals surface area contributed by atoms with Crippen LogP contribution in [0.15, 0.2) is 0 Å². The molecule has 0 aromatic carbocycles. The lowest BCUT2D eigenvalue weighted by atomic mass is 10.0. The predicted molar refractivity (Wildman–Crippen MR) is 363 cm³/mol. The molecule has 0 aliphatic heterocycles. The van der Waals surface area contributed by atoms with E-state index in [2.05, 4.69) is 41.5 Å². The van der Waals surface area contributed by atoms with Crippen LogP contribution >= 0.6 is 15.6 Å². The lowest BCUT2D eigenvalue weighted by Crippen LogP contribution is -2.30. The van der Waals surface area contributed by atoms with E-state index in [-0.39, 0.29) is 25.7 Å². The van der Waals surface area contributed by atoms with E-state index in [4.69, 9.17) is 37.0 Å². The van der Waals surface area contributed by atoms with Crippen LogP contribution in [0, 0.1) is 11.8 Å². The third-order valence-electron chi connectivity index (χ3n) is 16.5. The van der Waals surface area contributed by atoms with Gasteiger partial charge >= 0.3 is 39.5 Å². The molecule has 0 bridgehead atoms. The minimum atomic E-state index is -4.95. The van der Waals surface area contributed by atoms with Crippen LogP contribution in [0.3, 0.4) is 0 Å². The molecule has 90 heavy (non-hydrogen) atoms. The van der Waals surface area contributed by atoms with Crippen LogP contribution < -0.4 is 0 Å². The molecule has 0 heterocycles. The Morgan fingerprint density at radius 1 is 0.300 bits per heavy atom. The van der Waals surface area contributed by atoms with E-state index in [1.165, 1.54) is 173 Å². The van der Waals surface area contributed by atoms with Crippen LogP contribution in [-0.2, 0) is 65.4 Å². The Balaban J connectivity index is 5.20. The summed E-state index contributed by atoms with van der Waals surface area (Å²) >= 11 is 0. The molecule has 0 aliphatic rings. The smallest absolute Gasteiger partial charge is 0.462 e. The molecule has 0 spiro atoms. The minimum Gasteiger partial charge on any atom is -0.462 e. The molecule has 534 valence electrons. The number of carbonyl (C=O) groups excluding carboxylic acids is 4. The average molecular weight is 1330 g/mol. The molecule has 0 radical (unpaired) electrons. The van der Waals surface area contributed by atoms with Gasteiger partial charge in [0.15, 0.2) is 12.2 Å². The average Bonchev–Trinajstić information content (AvgIpc) is 2.87. The summed E-state index contributed by atoms with van der Waals surface area (Å²) in [5, 5.41) is 10.6. The molecule has 0 saturated carbocycles. The van der Waals surface area contributed by atoms with Gasteiger partial charge in [0, 0.05) is 25.7 Å². The van der Waals surface area contributed by atoms with Crippen molar-refractivity contribution in [2.75, 3.05) is 39.6 Å². The zero-order valence-electron chi connectivity index (χ0n) is 58.4. The van der Waals surface area contributed by atoms with Crippen molar-refractivity contribution in [3.63, 3.8) is 0 Å². The maximum atomic E-state index is 13.0. The second-order valence-electron chi connectivity index (χ2n) is 26.6. The number of ether oxygens (including phenoxy) is 4. The Labute approximate surface area is 549 Å². The second kappa shape index (κ2) is 63.1. The molecule has 0 fully saturated rings. The van der Waals surface area contributed by atoms with Gasteiger partial charge in [-0.1, -0.05) is 311 Å². The van der Waals surface area contributed by atoms with Gasteiger partial charge in [0.25, 0.3) is 0 Å². The van der Waals surface area contributed by atoms with Crippen molar-refractivity contribution in [2.24, 2.45) is 11.8 Å². The number of phosphoric acid groups is 2. The predicted octanol–water partition coefficient (Wildman–Crippen LogP) is 20.4. The molecule has 0 amide bonds. The zero-order chi connectivity index (χ0) is 66.5. The Kier molecular flexibility index (Phi) is 61.8. The summed E-state index contributed by atoms with van der Waals surface area (Å²) in [4.78, 5) is 72.5. The first kappa shape index (κ1) is 88.1. The van der Waals surface area contributed by atoms with Crippen molar-refractivity contribution < 1.29 is 80.2 Å². The van der Waals surface area contributed by atoms with Crippen molar-refractivity contribution in [1.29, 1.82) is 0 Å². The lowest BCUT2D eigenvalue weighted by molar-refractivity contribution is -0.161. The number of esters is 4. The summed E-state index contributed by atoms with van der Waals surface area (Å²) in [7, 11) is -9.90. The zero-order valence-corrected chi connectivity index (χ0v) is 60.2. The van der Waals surface area contributed by atoms with Crippen molar-refractivity contribution in [3.8, 4) is 0 Å². The lowest BCUT2D eigenvalue weighted by Gasteiger charge is -2.21. The number of aliphatic hydroxyl groups excluding tert-OH is 1. The SMILES string of the molecule is CCCCCCCCCCCCCCCCC(=O)OC[C@H](COP(=O)(O)OC[C@@H](O)COP(=O)(O)OC[C@@H](COC(=O)CCCCCCCCCC)OC(=O)CCCCCCCCCC(C)C)OC(=O)CCCCCCCCCCCCCCCCCC(C)C. The van der Waals surface area contributed by atoms with Crippen LogP contribution in [0.2, 0.25) is 0 Å². The highest BCUT2D eigenvalue weighted by Crippen LogP contribution is 2.45. The van der Waals surface area contributed by atoms with Gasteiger partial charge in [-0.25, -0.2) is 9.13 Å². The summed E-state index contributed by atoms with van der Waals surface area (Å²) in [6, 6.07) is 0. The van der Waals surface area contributed by atoms with E-state index in [1.807, 2.05) is 0 Å². The van der Waals surface area contributed by atoms with Crippen molar-refractivity contribution in [2.45, 2.75) is 381 Å². The van der Waals surface area contributed by atoms with Gasteiger partial charge in [0.1, 0.15) is 19.3 Å². The molecule has 0 rings (SSSR count). The Morgan fingerprint density at radius 3 is 0.756 bits per heavy atom. The first-order chi connectivity index (χ1) is 43.4. The Hall–Kier alpha value is -1.94. The number of carbonyl (C=O) groups is 4. The van der Waals surface area contributed by atoms with Crippen LogP contribution in [0.5, 0.6) is 0 Å². The first-order valence-corrected chi connectivity index (χ1v) is 40.0. The fourth-order valence-corrected chi connectivity index (χ4v) is 12.3. The van der Waals surface area contributed by atoms with Gasteiger partial charge in [0.2, 0.25) is 0 Å². The van der Waals surface area contributed by atoms with Crippen LogP contribution in [0.25, 0.3) is 0 Å². The minimum absolute atomic E-state index is 0.103. The summed E-state index contributed by atoms with van der Waals surface area (Å²) in [6.45, 7) is 9.49. The van der Waals surface area contributed by atoms with E-state index in [0.717, 1.165) is 102 Å². The molecular weight excluding hydrogens is 1190 g/mol. The third kappa shape index (κ3) is 64.8. The van der Waals surface area contributed by atoms with Crippen molar-refractivity contribution in [1.82, 2.24) is 0 Å². The van der Waals surface area contributed by atoms with E-state index < -0.39 is 97.5 Å². The number of hydrogen-bond donors (Lipinski definition) is 3. The molecular formula is C71H138O17P2. The van der Waals surface area contributed by atoms with Gasteiger partial charge in [-0.3, -0.25) is 37.3 Å². The summed E-state index contributed by atoms with van der Waals surface area (Å²) in [6.07, 6.45) is 48.7. The number of phosphoric ester groups is 2. The van der Waals surface area contributed by atoms with Crippen LogP contribution in [0.1, 0.15) is 363 Å². The van der Waals surface area contributed by atoms with Gasteiger partial charge in [-0.2, -0.15) is 0 Å². The summed E-state index contributed by atoms with van der Waals surface area (Å²) in [5.74, 6) is -0.628. The Bertz CT molecular complexity index is 1750. The maximum Gasteiger partial charge on any atom is 0.472 e. The molecule has 2 unspecified atom stereocenters. The van der Waals surface area contributed by atoms with Crippen LogP contribution in [0.4, 0.5) is 0 Å². The quantitative estimate of drug-likeness (QED) is 0.0222. The van der Waals surface area contributed by atoms with Gasteiger partial charge < -0.3 is 33.8 Å².